The van der Waals surface area contributed by atoms with Gasteiger partial charge in [0.25, 0.3) is 4.21 Å². The lowest BCUT2D eigenvalue weighted by molar-refractivity contribution is 0.217. The zero-order valence-corrected chi connectivity index (χ0v) is 17.9. The number of nitrogen functional groups attached to an aromatic ring is 1. The van der Waals surface area contributed by atoms with Crippen LogP contribution >= 0.6 is 11.3 Å². The van der Waals surface area contributed by atoms with Gasteiger partial charge in [-0.2, -0.15) is 9.65 Å². The Hall–Kier alpha value is -2.20. The van der Waals surface area contributed by atoms with Gasteiger partial charge < -0.3 is 10.5 Å². The van der Waals surface area contributed by atoms with Crippen molar-refractivity contribution < 1.29 is 9.29 Å². The lowest BCUT2D eigenvalue weighted by Crippen LogP contribution is -2.11. The number of thiophene rings is 1. The van der Waals surface area contributed by atoms with E-state index < -0.39 is 11.2 Å². The first-order chi connectivity index (χ1) is 14.1. The van der Waals surface area contributed by atoms with Gasteiger partial charge in [0.05, 0.1) is 18.5 Å². The van der Waals surface area contributed by atoms with Crippen molar-refractivity contribution >= 4 is 49.5 Å². The van der Waals surface area contributed by atoms with E-state index >= 15 is 0 Å². The van der Waals surface area contributed by atoms with Crippen LogP contribution in [0.5, 0.6) is 0 Å². The highest BCUT2D eigenvalue weighted by Gasteiger charge is 2.33. The maximum absolute atomic E-state index is 10.6. The first kappa shape index (κ1) is 18.8. The molecule has 7 nitrogen and oxygen atoms in total. The summed E-state index contributed by atoms with van der Waals surface area (Å²) >= 11 is 0.552. The molecule has 9 heteroatoms. The standard InChI is InChI=1S/C20H22N5O2S2/c1-25-18-13(10-23-25)7-12(9-22-18)15-8-14(11-3-4-11)16-17(21)20(28-19(16)24-15)29(26)6-5-27-2/h7-11,26H,3-6,21H2,1-2H3/q+1. The number of anilines is 1. The van der Waals surface area contributed by atoms with Crippen molar-refractivity contribution in [2.75, 3.05) is 25.2 Å². The molecule has 4 aromatic rings. The van der Waals surface area contributed by atoms with Crippen LogP contribution in [0.3, 0.4) is 0 Å². The van der Waals surface area contributed by atoms with Crippen LogP contribution in [0.15, 0.2) is 28.7 Å². The molecule has 0 amide bonds. The highest BCUT2D eigenvalue weighted by Crippen LogP contribution is 2.48. The van der Waals surface area contributed by atoms with E-state index in [0.29, 0.717) is 24.0 Å². The van der Waals surface area contributed by atoms with E-state index in [1.54, 1.807) is 11.8 Å². The van der Waals surface area contributed by atoms with E-state index in [4.69, 9.17) is 15.5 Å². The van der Waals surface area contributed by atoms with Crippen molar-refractivity contribution in [2.24, 2.45) is 7.05 Å². The van der Waals surface area contributed by atoms with E-state index in [9.17, 15) is 4.55 Å². The van der Waals surface area contributed by atoms with E-state index in [1.807, 2.05) is 19.4 Å². The van der Waals surface area contributed by atoms with Gasteiger partial charge in [-0.3, -0.25) is 4.68 Å². The lowest BCUT2D eigenvalue weighted by atomic mass is 10.0. The molecule has 0 spiro atoms. The Morgan fingerprint density at radius 3 is 2.93 bits per heavy atom. The summed E-state index contributed by atoms with van der Waals surface area (Å²) in [5.41, 5.74) is 11.1. The second-order valence-electron chi connectivity index (χ2n) is 7.32. The van der Waals surface area contributed by atoms with Crippen LogP contribution in [0, 0.1) is 0 Å². The number of aryl methyl sites for hydroxylation is 1. The second kappa shape index (κ2) is 7.24. The molecule has 1 atom stereocenters. The molecule has 0 radical (unpaired) electrons. The molecular formula is C20H22N5O2S2+. The SMILES string of the molecule is COCC[S+](O)c1sc2nc(-c3cnc4c(cnn4C)c3)cc(C3CC3)c2c1N. The first-order valence-electron chi connectivity index (χ1n) is 9.46. The van der Waals surface area contributed by atoms with Crippen molar-refractivity contribution in [2.45, 2.75) is 23.0 Å². The van der Waals surface area contributed by atoms with Crippen LogP contribution < -0.4 is 5.73 Å². The molecule has 4 aromatic heterocycles. The topological polar surface area (TPSA) is 99.1 Å². The fourth-order valence-corrected chi connectivity index (χ4v) is 6.21. The normalized spacial score (nSPS) is 15.4. The summed E-state index contributed by atoms with van der Waals surface area (Å²) < 4.78 is 18.3. The zero-order chi connectivity index (χ0) is 20.1. The second-order valence-corrected chi connectivity index (χ2v) is 10.1. The third kappa shape index (κ3) is 3.28. The molecule has 0 bridgehead atoms. The summed E-state index contributed by atoms with van der Waals surface area (Å²) in [6.07, 6.45) is 6.00. The Bertz CT molecular complexity index is 1210. The van der Waals surface area contributed by atoms with Gasteiger partial charge in [0.2, 0.25) is 0 Å². The third-order valence-electron chi connectivity index (χ3n) is 5.27. The molecule has 0 saturated heterocycles. The third-order valence-corrected chi connectivity index (χ3v) is 8.20. The molecule has 1 aliphatic carbocycles. The number of methoxy groups -OCH3 is 1. The Balaban J connectivity index is 1.64. The monoisotopic (exact) mass is 428 g/mol. The molecule has 4 heterocycles. The largest absolute Gasteiger partial charge is 0.393 e. The Kier molecular flexibility index (Phi) is 4.70. The number of nitrogens with two attached hydrogens (primary N) is 1. The number of ether oxygens (including phenoxy) is 1. The average Bonchev–Trinajstić information content (AvgIpc) is 3.44. The van der Waals surface area contributed by atoms with E-state index in [-0.39, 0.29) is 0 Å². The Morgan fingerprint density at radius 1 is 1.34 bits per heavy atom. The quantitative estimate of drug-likeness (QED) is 0.453. The van der Waals surface area contributed by atoms with Crippen molar-refractivity contribution in [3.05, 3.63) is 30.1 Å². The minimum atomic E-state index is -0.940. The first-order valence-corrected chi connectivity index (χ1v) is 11.6. The summed E-state index contributed by atoms with van der Waals surface area (Å²) in [6.45, 7) is 0.498. The average molecular weight is 429 g/mol. The van der Waals surface area contributed by atoms with Crippen molar-refractivity contribution in [3.8, 4) is 11.3 Å². The molecule has 1 fully saturated rings. The summed E-state index contributed by atoms with van der Waals surface area (Å²) in [7, 11) is 3.52. The molecule has 5 rings (SSSR count). The van der Waals surface area contributed by atoms with Gasteiger partial charge >= 0.3 is 0 Å². The summed E-state index contributed by atoms with van der Waals surface area (Å²) in [6, 6.07) is 4.23. The Labute approximate surface area is 175 Å². The van der Waals surface area contributed by atoms with Crippen LogP contribution in [0.2, 0.25) is 0 Å². The minimum absolute atomic E-state index is 0.498. The van der Waals surface area contributed by atoms with Crippen LogP contribution in [0.4, 0.5) is 5.69 Å². The number of nitrogens with zero attached hydrogens (tertiary/aromatic N) is 4. The number of hydrogen-bond acceptors (Lipinski definition) is 7. The molecule has 0 aliphatic heterocycles. The lowest BCUT2D eigenvalue weighted by Gasteiger charge is -2.07. The molecule has 3 N–H and O–H groups in total. The van der Waals surface area contributed by atoms with Gasteiger partial charge in [0, 0.05) is 36.7 Å². The zero-order valence-electron chi connectivity index (χ0n) is 16.3. The van der Waals surface area contributed by atoms with Gasteiger partial charge in [-0.25, -0.2) is 9.97 Å². The van der Waals surface area contributed by atoms with Crippen molar-refractivity contribution in [1.82, 2.24) is 19.7 Å². The van der Waals surface area contributed by atoms with E-state index in [2.05, 4.69) is 22.2 Å². The maximum Gasteiger partial charge on any atom is 0.269 e. The molecule has 150 valence electrons. The molecule has 0 aromatic carbocycles. The fraction of sp³-hybridized carbons (Fsp3) is 0.350. The van der Waals surface area contributed by atoms with Gasteiger partial charge in [-0.05, 0) is 36.5 Å². The van der Waals surface area contributed by atoms with E-state index in [1.165, 1.54) is 16.9 Å². The van der Waals surface area contributed by atoms with Crippen LogP contribution in [-0.2, 0) is 23.0 Å². The smallest absolute Gasteiger partial charge is 0.269 e. The number of hydrogen-bond donors (Lipinski definition) is 2. The number of pyridine rings is 2. The molecular weight excluding hydrogens is 406 g/mol. The van der Waals surface area contributed by atoms with Gasteiger partial charge in [-0.15, -0.1) is 0 Å². The molecule has 29 heavy (non-hydrogen) atoms. The number of fused-ring (bicyclic) bond motifs is 2. The van der Waals surface area contributed by atoms with E-state index in [0.717, 1.165) is 49.6 Å². The van der Waals surface area contributed by atoms with Crippen molar-refractivity contribution in [1.29, 1.82) is 0 Å². The summed E-state index contributed by atoms with van der Waals surface area (Å²) in [5, 5.41) is 6.28. The van der Waals surface area contributed by atoms with Gasteiger partial charge in [0.15, 0.2) is 22.6 Å². The van der Waals surface area contributed by atoms with Gasteiger partial charge in [0.1, 0.15) is 10.5 Å². The highest BCUT2D eigenvalue weighted by atomic mass is 32.2. The fourth-order valence-electron chi connectivity index (χ4n) is 3.61. The molecule has 1 unspecified atom stereocenters. The predicted molar refractivity (Wildman–Crippen MR) is 119 cm³/mol. The van der Waals surface area contributed by atoms with Crippen LogP contribution in [0.25, 0.3) is 32.5 Å². The van der Waals surface area contributed by atoms with Gasteiger partial charge in [-0.1, -0.05) is 11.3 Å². The summed E-state index contributed by atoms with van der Waals surface area (Å²) in [5.74, 6) is 1.05. The Morgan fingerprint density at radius 2 is 2.17 bits per heavy atom. The van der Waals surface area contributed by atoms with Crippen LogP contribution in [-0.4, -0.2) is 43.8 Å². The van der Waals surface area contributed by atoms with Crippen molar-refractivity contribution in [3.63, 3.8) is 0 Å². The molecule has 1 aliphatic rings. The van der Waals surface area contributed by atoms with Crippen LogP contribution in [0.1, 0.15) is 24.3 Å². The predicted octanol–water partition coefficient (Wildman–Crippen LogP) is 3.80. The summed E-state index contributed by atoms with van der Waals surface area (Å²) in [4.78, 5) is 10.3. The number of aromatic nitrogens is 4. The minimum Gasteiger partial charge on any atom is -0.393 e. The molecule has 1 saturated carbocycles. The number of rotatable bonds is 6. The highest BCUT2D eigenvalue weighted by molar-refractivity contribution is 7.93. The maximum atomic E-state index is 10.6.